The number of benzene rings is 1. The number of esters is 1. The van der Waals surface area contributed by atoms with Crippen molar-refractivity contribution in [3.63, 3.8) is 0 Å². The summed E-state index contributed by atoms with van der Waals surface area (Å²) in [5, 5.41) is 0. The van der Waals surface area contributed by atoms with Crippen LogP contribution in [0, 0.1) is 0 Å². The van der Waals surface area contributed by atoms with Gasteiger partial charge >= 0.3 is 11.9 Å². The average Bonchev–Trinajstić information content (AvgIpc) is 2.77. The molecule has 1 aromatic carbocycles. The Morgan fingerprint density at radius 3 is 3.00 bits per heavy atom. The first kappa shape index (κ1) is 10.9. The summed E-state index contributed by atoms with van der Waals surface area (Å²) in [4.78, 5) is 15.0. The molecule has 0 N–H and O–H groups in total. The molecule has 0 aliphatic carbocycles. The number of ether oxygens (including phenoxy) is 1. The Balaban J connectivity index is 2.35. The summed E-state index contributed by atoms with van der Waals surface area (Å²) in [5.41, 5.74) is 0.844. The standard InChI is InChI=1S/C11H8BrNO3/c1-15-11(14)10-13-6-9(16-10)7-3-2-4-8(12)5-7/h2-6H,1H3. The molecule has 2 aromatic rings. The number of carbonyl (C=O) groups is 1. The van der Waals surface area contributed by atoms with E-state index in [4.69, 9.17) is 4.42 Å². The molecule has 0 atom stereocenters. The van der Waals surface area contributed by atoms with Crippen molar-refractivity contribution in [1.29, 1.82) is 0 Å². The molecule has 0 saturated carbocycles. The van der Waals surface area contributed by atoms with E-state index in [-0.39, 0.29) is 5.89 Å². The minimum Gasteiger partial charge on any atom is -0.462 e. The van der Waals surface area contributed by atoms with E-state index in [9.17, 15) is 4.79 Å². The Morgan fingerprint density at radius 1 is 1.50 bits per heavy atom. The molecule has 0 amide bonds. The predicted octanol–water partition coefficient (Wildman–Crippen LogP) is 2.89. The first-order valence-corrected chi connectivity index (χ1v) is 5.30. The number of carbonyl (C=O) groups excluding carboxylic acids is 1. The van der Waals surface area contributed by atoms with E-state index in [0.717, 1.165) is 10.0 Å². The summed E-state index contributed by atoms with van der Waals surface area (Å²) < 4.78 is 10.7. The average molecular weight is 282 g/mol. The number of halogens is 1. The highest BCUT2D eigenvalue weighted by molar-refractivity contribution is 9.10. The number of hydrogen-bond donors (Lipinski definition) is 0. The third kappa shape index (κ3) is 2.14. The number of nitrogens with zero attached hydrogens (tertiary/aromatic N) is 1. The summed E-state index contributed by atoms with van der Waals surface area (Å²) >= 11 is 3.36. The summed E-state index contributed by atoms with van der Waals surface area (Å²) in [6.07, 6.45) is 1.49. The molecule has 0 aliphatic heterocycles. The van der Waals surface area contributed by atoms with Gasteiger partial charge < -0.3 is 9.15 Å². The smallest absolute Gasteiger partial charge is 0.394 e. The minimum atomic E-state index is -0.582. The van der Waals surface area contributed by atoms with Gasteiger partial charge in [-0.2, -0.15) is 0 Å². The number of hydrogen-bond acceptors (Lipinski definition) is 4. The Kier molecular flexibility index (Phi) is 3.05. The van der Waals surface area contributed by atoms with Crippen LogP contribution in [0.3, 0.4) is 0 Å². The number of methoxy groups -OCH3 is 1. The van der Waals surface area contributed by atoms with E-state index in [2.05, 4.69) is 25.7 Å². The molecule has 1 aromatic heterocycles. The zero-order valence-electron chi connectivity index (χ0n) is 8.44. The molecule has 4 nitrogen and oxygen atoms in total. The maximum absolute atomic E-state index is 11.1. The molecule has 5 heteroatoms. The van der Waals surface area contributed by atoms with Crippen LogP contribution in [0.15, 0.2) is 39.4 Å². The zero-order chi connectivity index (χ0) is 11.5. The summed E-state index contributed by atoms with van der Waals surface area (Å²) in [6.45, 7) is 0. The van der Waals surface area contributed by atoms with Gasteiger partial charge in [0.05, 0.1) is 13.3 Å². The first-order chi connectivity index (χ1) is 7.70. The van der Waals surface area contributed by atoms with Crippen LogP contribution < -0.4 is 0 Å². The second kappa shape index (κ2) is 4.49. The van der Waals surface area contributed by atoms with E-state index < -0.39 is 5.97 Å². The number of rotatable bonds is 2. The zero-order valence-corrected chi connectivity index (χ0v) is 10.0. The van der Waals surface area contributed by atoms with Gasteiger partial charge in [0.1, 0.15) is 0 Å². The van der Waals surface area contributed by atoms with Crippen molar-refractivity contribution in [1.82, 2.24) is 4.98 Å². The molecule has 16 heavy (non-hydrogen) atoms. The Labute approximate surface area is 100 Å². The van der Waals surface area contributed by atoms with Gasteiger partial charge in [0, 0.05) is 10.0 Å². The summed E-state index contributed by atoms with van der Waals surface area (Å²) in [7, 11) is 1.28. The third-order valence-corrected chi connectivity index (χ3v) is 2.47. The quantitative estimate of drug-likeness (QED) is 0.795. The largest absolute Gasteiger partial charge is 0.462 e. The lowest BCUT2D eigenvalue weighted by Crippen LogP contribution is -2.00. The molecule has 0 saturated heterocycles. The van der Waals surface area contributed by atoms with Crippen LogP contribution >= 0.6 is 15.9 Å². The van der Waals surface area contributed by atoms with Gasteiger partial charge in [-0.05, 0) is 12.1 Å². The Bertz CT molecular complexity index is 521. The normalized spacial score (nSPS) is 10.1. The molecule has 1 heterocycles. The molecular formula is C11H8BrNO3. The van der Waals surface area contributed by atoms with Crippen LogP contribution in [0.1, 0.15) is 10.7 Å². The van der Waals surface area contributed by atoms with Crippen LogP contribution in [-0.2, 0) is 4.74 Å². The van der Waals surface area contributed by atoms with Crippen molar-refractivity contribution < 1.29 is 13.9 Å². The van der Waals surface area contributed by atoms with Crippen molar-refractivity contribution in [2.45, 2.75) is 0 Å². The van der Waals surface area contributed by atoms with Crippen LogP contribution in [0.4, 0.5) is 0 Å². The fourth-order valence-electron chi connectivity index (χ4n) is 1.23. The van der Waals surface area contributed by atoms with E-state index in [1.54, 1.807) is 0 Å². The molecule has 0 spiro atoms. The SMILES string of the molecule is COC(=O)c1ncc(-c2cccc(Br)c2)o1. The van der Waals surface area contributed by atoms with E-state index >= 15 is 0 Å². The fraction of sp³-hybridized carbons (Fsp3) is 0.0909. The first-order valence-electron chi connectivity index (χ1n) is 4.51. The van der Waals surface area contributed by atoms with Gasteiger partial charge in [-0.1, -0.05) is 28.1 Å². The molecule has 0 unspecified atom stereocenters. The number of aromatic nitrogens is 1. The highest BCUT2D eigenvalue weighted by Crippen LogP contribution is 2.23. The predicted molar refractivity (Wildman–Crippen MR) is 61.0 cm³/mol. The van der Waals surface area contributed by atoms with Crippen LogP contribution in [-0.4, -0.2) is 18.1 Å². The maximum atomic E-state index is 11.1. The van der Waals surface area contributed by atoms with Crippen molar-refractivity contribution in [3.05, 3.63) is 40.8 Å². The molecule has 0 aliphatic rings. The lowest BCUT2D eigenvalue weighted by molar-refractivity contribution is 0.0557. The lowest BCUT2D eigenvalue weighted by Gasteiger charge is -1.96. The monoisotopic (exact) mass is 281 g/mol. The molecule has 0 fully saturated rings. The van der Waals surface area contributed by atoms with Gasteiger partial charge in [0.15, 0.2) is 5.76 Å². The third-order valence-electron chi connectivity index (χ3n) is 1.97. The Morgan fingerprint density at radius 2 is 2.31 bits per heavy atom. The molecule has 0 bridgehead atoms. The van der Waals surface area contributed by atoms with Crippen LogP contribution in [0.25, 0.3) is 11.3 Å². The topological polar surface area (TPSA) is 52.3 Å². The van der Waals surface area contributed by atoms with E-state index in [1.807, 2.05) is 24.3 Å². The maximum Gasteiger partial charge on any atom is 0.394 e. The Hall–Kier alpha value is -1.62. The van der Waals surface area contributed by atoms with Crippen LogP contribution in [0.5, 0.6) is 0 Å². The van der Waals surface area contributed by atoms with Gasteiger partial charge in [0.25, 0.3) is 0 Å². The van der Waals surface area contributed by atoms with Gasteiger partial charge in [-0.25, -0.2) is 9.78 Å². The highest BCUT2D eigenvalue weighted by atomic mass is 79.9. The van der Waals surface area contributed by atoms with Gasteiger partial charge in [-0.3, -0.25) is 0 Å². The van der Waals surface area contributed by atoms with E-state index in [1.165, 1.54) is 13.3 Å². The van der Waals surface area contributed by atoms with Crippen molar-refractivity contribution in [2.75, 3.05) is 7.11 Å². The molecule has 82 valence electrons. The molecular weight excluding hydrogens is 274 g/mol. The van der Waals surface area contributed by atoms with Crippen molar-refractivity contribution >= 4 is 21.9 Å². The van der Waals surface area contributed by atoms with Crippen molar-refractivity contribution in [3.8, 4) is 11.3 Å². The molecule has 0 radical (unpaired) electrons. The van der Waals surface area contributed by atoms with Crippen molar-refractivity contribution in [2.24, 2.45) is 0 Å². The summed E-state index contributed by atoms with van der Waals surface area (Å²) in [6, 6.07) is 7.52. The molecule has 2 rings (SSSR count). The van der Waals surface area contributed by atoms with E-state index in [0.29, 0.717) is 5.76 Å². The summed E-state index contributed by atoms with van der Waals surface area (Å²) in [5.74, 6) is -0.0968. The van der Waals surface area contributed by atoms with Crippen LogP contribution in [0.2, 0.25) is 0 Å². The van der Waals surface area contributed by atoms with Gasteiger partial charge in [-0.15, -0.1) is 0 Å². The second-order valence-electron chi connectivity index (χ2n) is 3.03. The highest BCUT2D eigenvalue weighted by Gasteiger charge is 2.14. The van der Waals surface area contributed by atoms with Gasteiger partial charge in [0.2, 0.25) is 0 Å². The lowest BCUT2D eigenvalue weighted by atomic mass is 10.2. The fourth-order valence-corrected chi connectivity index (χ4v) is 1.63. The second-order valence-corrected chi connectivity index (χ2v) is 3.95. The number of oxazole rings is 1. The minimum absolute atomic E-state index is 0.0440.